The summed E-state index contributed by atoms with van der Waals surface area (Å²) in [6.45, 7) is 2.74. The van der Waals surface area contributed by atoms with Crippen molar-refractivity contribution in [1.29, 1.82) is 0 Å². The van der Waals surface area contributed by atoms with Gasteiger partial charge >= 0.3 is 5.69 Å². The Kier molecular flexibility index (Phi) is 5.48. The molecule has 0 bridgehead atoms. The van der Waals surface area contributed by atoms with Gasteiger partial charge in [0, 0.05) is 45.8 Å². The standard InChI is InChI=1S/C20H24N4O5/c25-17(22-9-11-23(12-10-22)19(27)16-6-3-13-29-16)7-8-24-15-5-2-1-4-14(15)18(26)21-20(24)28/h1-2,4-5,16H,3,6-13H2,(H,21,26,28). The lowest BCUT2D eigenvalue weighted by Gasteiger charge is -2.35. The van der Waals surface area contributed by atoms with Crippen LogP contribution in [-0.4, -0.2) is 70.1 Å². The first-order chi connectivity index (χ1) is 14.0. The second kappa shape index (κ2) is 8.20. The molecule has 9 nitrogen and oxygen atoms in total. The highest BCUT2D eigenvalue weighted by Gasteiger charge is 2.31. The fourth-order valence-corrected chi connectivity index (χ4v) is 3.98. The number of ether oxygens (including phenoxy) is 1. The predicted molar refractivity (Wildman–Crippen MR) is 106 cm³/mol. The molecule has 0 radical (unpaired) electrons. The summed E-state index contributed by atoms with van der Waals surface area (Å²) in [5.74, 6) is -0.0581. The minimum Gasteiger partial charge on any atom is -0.368 e. The molecule has 2 fully saturated rings. The number of hydrogen-bond acceptors (Lipinski definition) is 5. The summed E-state index contributed by atoms with van der Waals surface area (Å²) in [4.78, 5) is 55.0. The lowest BCUT2D eigenvalue weighted by atomic mass is 10.2. The molecule has 2 saturated heterocycles. The fraction of sp³-hybridized carbons (Fsp3) is 0.500. The molecule has 1 N–H and O–H groups in total. The van der Waals surface area contributed by atoms with E-state index in [-0.39, 0.29) is 30.9 Å². The van der Waals surface area contributed by atoms with Crippen LogP contribution in [0.4, 0.5) is 0 Å². The largest absolute Gasteiger partial charge is 0.368 e. The minimum atomic E-state index is -0.520. The number of aromatic amines is 1. The Morgan fingerprint density at radius 2 is 1.79 bits per heavy atom. The summed E-state index contributed by atoms with van der Waals surface area (Å²) in [5, 5.41) is 0.417. The van der Waals surface area contributed by atoms with Gasteiger partial charge < -0.3 is 14.5 Å². The molecule has 4 rings (SSSR count). The Morgan fingerprint density at radius 3 is 2.52 bits per heavy atom. The van der Waals surface area contributed by atoms with Crippen LogP contribution in [0, 0.1) is 0 Å². The van der Waals surface area contributed by atoms with Crippen molar-refractivity contribution in [3.63, 3.8) is 0 Å². The molecule has 0 spiro atoms. The predicted octanol–water partition coefficient (Wildman–Crippen LogP) is -0.0703. The van der Waals surface area contributed by atoms with Crippen LogP contribution >= 0.6 is 0 Å². The number of nitrogens with zero attached hydrogens (tertiary/aromatic N) is 3. The van der Waals surface area contributed by atoms with Gasteiger partial charge in [0.25, 0.3) is 11.5 Å². The van der Waals surface area contributed by atoms with Gasteiger partial charge in [-0.15, -0.1) is 0 Å². The van der Waals surface area contributed by atoms with Crippen LogP contribution in [0.5, 0.6) is 0 Å². The number of nitrogens with one attached hydrogen (secondary N) is 1. The Hall–Kier alpha value is -2.94. The zero-order valence-corrected chi connectivity index (χ0v) is 16.1. The van der Waals surface area contributed by atoms with Crippen molar-refractivity contribution in [2.75, 3.05) is 32.8 Å². The van der Waals surface area contributed by atoms with Crippen molar-refractivity contribution in [2.24, 2.45) is 0 Å². The van der Waals surface area contributed by atoms with Crippen LogP contribution in [0.2, 0.25) is 0 Å². The number of amides is 2. The molecule has 0 aliphatic carbocycles. The summed E-state index contributed by atoms with van der Waals surface area (Å²) in [5.41, 5.74) is -0.435. The van der Waals surface area contributed by atoms with E-state index in [9.17, 15) is 19.2 Å². The van der Waals surface area contributed by atoms with E-state index in [2.05, 4.69) is 4.98 Å². The minimum absolute atomic E-state index is 0.0147. The van der Waals surface area contributed by atoms with Crippen molar-refractivity contribution in [3.05, 3.63) is 45.1 Å². The van der Waals surface area contributed by atoms with Gasteiger partial charge in [-0.05, 0) is 25.0 Å². The van der Waals surface area contributed by atoms with E-state index < -0.39 is 11.2 Å². The van der Waals surface area contributed by atoms with E-state index in [4.69, 9.17) is 4.74 Å². The highest BCUT2D eigenvalue weighted by Crippen LogP contribution is 2.16. The first kappa shape index (κ1) is 19.4. The lowest BCUT2D eigenvalue weighted by molar-refractivity contribution is -0.146. The number of carbonyl (C=O) groups is 2. The SMILES string of the molecule is O=C(CCn1c(=O)[nH]c(=O)c2ccccc21)N1CCN(C(=O)C2CCCO2)CC1. The number of rotatable bonds is 4. The molecule has 2 aliphatic rings. The van der Waals surface area contributed by atoms with E-state index in [1.807, 2.05) is 0 Å². The summed E-state index contributed by atoms with van der Waals surface area (Å²) < 4.78 is 6.88. The molecule has 29 heavy (non-hydrogen) atoms. The van der Waals surface area contributed by atoms with Gasteiger partial charge in [0.2, 0.25) is 5.91 Å². The van der Waals surface area contributed by atoms with Crippen LogP contribution in [0.25, 0.3) is 10.9 Å². The number of aryl methyl sites for hydroxylation is 1. The molecule has 154 valence electrons. The molecule has 1 aromatic heterocycles. The first-order valence-electron chi connectivity index (χ1n) is 9.94. The van der Waals surface area contributed by atoms with Gasteiger partial charge in [-0.2, -0.15) is 0 Å². The molecular formula is C20H24N4O5. The quantitative estimate of drug-likeness (QED) is 0.774. The average Bonchev–Trinajstić information content (AvgIpc) is 3.28. The van der Waals surface area contributed by atoms with Crippen LogP contribution in [0.3, 0.4) is 0 Å². The molecule has 1 aromatic carbocycles. The van der Waals surface area contributed by atoms with Gasteiger partial charge in [-0.1, -0.05) is 12.1 Å². The third-order valence-corrected chi connectivity index (χ3v) is 5.60. The van der Waals surface area contributed by atoms with Gasteiger partial charge in [0.15, 0.2) is 0 Å². The van der Waals surface area contributed by atoms with Gasteiger partial charge in [0.1, 0.15) is 6.10 Å². The summed E-state index contributed by atoms with van der Waals surface area (Å²) in [6, 6.07) is 6.83. The monoisotopic (exact) mass is 400 g/mol. The molecular weight excluding hydrogens is 376 g/mol. The number of piperazine rings is 1. The first-order valence-corrected chi connectivity index (χ1v) is 9.94. The normalized spacial score (nSPS) is 19.7. The van der Waals surface area contributed by atoms with Gasteiger partial charge in [-0.25, -0.2) is 4.79 Å². The van der Waals surface area contributed by atoms with E-state index in [0.717, 1.165) is 12.8 Å². The number of para-hydroxylation sites is 1. The van der Waals surface area contributed by atoms with Gasteiger partial charge in [0.05, 0.1) is 10.9 Å². The Morgan fingerprint density at radius 1 is 1.07 bits per heavy atom. The molecule has 1 atom stereocenters. The lowest BCUT2D eigenvalue weighted by Crippen LogP contribution is -2.53. The van der Waals surface area contributed by atoms with E-state index >= 15 is 0 Å². The van der Waals surface area contributed by atoms with Crippen LogP contribution in [0.15, 0.2) is 33.9 Å². The second-order valence-corrected chi connectivity index (χ2v) is 7.39. The number of hydrogen-bond donors (Lipinski definition) is 1. The van der Waals surface area contributed by atoms with Crippen molar-refractivity contribution in [1.82, 2.24) is 19.4 Å². The number of benzene rings is 1. The van der Waals surface area contributed by atoms with Crippen LogP contribution in [-0.2, 0) is 20.9 Å². The Labute approximate surface area is 166 Å². The summed E-state index contributed by atoms with van der Waals surface area (Å²) in [6.07, 6.45) is 1.49. The van der Waals surface area contributed by atoms with E-state index in [1.54, 1.807) is 34.1 Å². The zero-order chi connectivity index (χ0) is 20.4. The highest BCUT2D eigenvalue weighted by atomic mass is 16.5. The maximum Gasteiger partial charge on any atom is 0.328 e. The molecule has 2 amide bonds. The van der Waals surface area contributed by atoms with Crippen molar-refractivity contribution < 1.29 is 14.3 Å². The van der Waals surface area contributed by atoms with Crippen molar-refractivity contribution in [2.45, 2.75) is 31.9 Å². The summed E-state index contributed by atoms with van der Waals surface area (Å²) >= 11 is 0. The maximum atomic E-state index is 12.6. The third kappa shape index (κ3) is 3.95. The number of H-pyrrole nitrogens is 1. The summed E-state index contributed by atoms with van der Waals surface area (Å²) in [7, 11) is 0. The number of aromatic nitrogens is 2. The number of carbonyl (C=O) groups excluding carboxylic acids is 2. The third-order valence-electron chi connectivity index (χ3n) is 5.60. The van der Waals surface area contributed by atoms with Crippen LogP contribution in [0.1, 0.15) is 19.3 Å². The van der Waals surface area contributed by atoms with Crippen LogP contribution < -0.4 is 11.2 Å². The highest BCUT2D eigenvalue weighted by molar-refractivity contribution is 5.82. The Balaban J connectivity index is 1.37. The Bertz CT molecular complexity index is 1030. The molecule has 2 aromatic rings. The molecule has 3 heterocycles. The molecule has 2 aliphatic heterocycles. The molecule has 9 heteroatoms. The zero-order valence-electron chi connectivity index (χ0n) is 16.1. The smallest absolute Gasteiger partial charge is 0.328 e. The number of fused-ring (bicyclic) bond motifs is 1. The van der Waals surface area contributed by atoms with Crippen molar-refractivity contribution in [3.8, 4) is 0 Å². The maximum absolute atomic E-state index is 12.6. The second-order valence-electron chi connectivity index (χ2n) is 7.39. The average molecular weight is 400 g/mol. The van der Waals surface area contributed by atoms with E-state index in [1.165, 1.54) is 4.57 Å². The van der Waals surface area contributed by atoms with E-state index in [0.29, 0.717) is 43.7 Å². The van der Waals surface area contributed by atoms with Gasteiger partial charge in [-0.3, -0.25) is 23.9 Å². The molecule has 1 unspecified atom stereocenters. The fourth-order valence-electron chi connectivity index (χ4n) is 3.98. The van der Waals surface area contributed by atoms with Crippen molar-refractivity contribution >= 4 is 22.7 Å². The topological polar surface area (TPSA) is 105 Å². The molecule has 0 saturated carbocycles.